The molecule has 6 heteroatoms. The first-order chi connectivity index (χ1) is 9.27. The predicted octanol–water partition coefficient (Wildman–Crippen LogP) is 0.599. The summed E-state index contributed by atoms with van der Waals surface area (Å²) in [6.07, 6.45) is 1.03. The number of hydrogen-bond acceptors (Lipinski definition) is 5. The molecule has 1 amide bonds. The van der Waals surface area contributed by atoms with Gasteiger partial charge in [-0.25, -0.2) is 0 Å². The first kappa shape index (κ1) is 18.3. The Morgan fingerprint density at radius 3 is 1.63 bits per heavy atom. The van der Waals surface area contributed by atoms with Gasteiger partial charge >= 0.3 is 0 Å². The molecule has 114 valence electrons. The smallest absolute Gasteiger partial charge is 0.216 e. The molecule has 0 saturated heterocycles. The van der Waals surface area contributed by atoms with E-state index in [1.54, 1.807) is 0 Å². The molecule has 0 unspecified atom stereocenters. The Hall–Kier alpha value is -0.690. The molecule has 0 rings (SSSR count). The summed E-state index contributed by atoms with van der Waals surface area (Å²) in [5.41, 5.74) is 0. The fourth-order valence-corrected chi connectivity index (χ4v) is 1.21. The largest absolute Gasteiger partial charge is 0.379 e. The molecule has 0 aliphatic heterocycles. The van der Waals surface area contributed by atoms with Crippen molar-refractivity contribution in [2.24, 2.45) is 0 Å². The Bertz CT molecular complexity index is 201. The highest BCUT2D eigenvalue weighted by molar-refractivity contribution is 5.72. The minimum Gasteiger partial charge on any atom is -0.379 e. The van der Waals surface area contributed by atoms with E-state index in [-0.39, 0.29) is 5.91 Å². The van der Waals surface area contributed by atoms with Crippen molar-refractivity contribution in [3.8, 4) is 0 Å². The van der Waals surface area contributed by atoms with Gasteiger partial charge in [0.1, 0.15) is 0 Å². The van der Waals surface area contributed by atoms with E-state index in [1.807, 2.05) is 0 Å². The van der Waals surface area contributed by atoms with Gasteiger partial charge in [0.15, 0.2) is 0 Å². The van der Waals surface area contributed by atoms with Crippen LogP contribution in [0.25, 0.3) is 0 Å². The van der Waals surface area contributed by atoms with Crippen molar-refractivity contribution in [1.29, 1.82) is 0 Å². The van der Waals surface area contributed by atoms with Crippen molar-refractivity contribution in [1.82, 2.24) is 5.32 Å². The lowest BCUT2D eigenvalue weighted by molar-refractivity contribution is -0.119. The Balaban J connectivity index is 2.93. The topological polar surface area (TPSA) is 66.0 Å². The maximum absolute atomic E-state index is 10.5. The van der Waals surface area contributed by atoms with Crippen molar-refractivity contribution >= 4 is 5.91 Å². The maximum Gasteiger partial charge on any atom is 0.216 e. The first-order valence-electron chi connectivity index (χ1n) is 6.82. The monoisotopic (exact) mass is 277 g/mol. The van der Waals surface area contributed by atoms with Crippen LogP contribution in [0.3, 0.4) is 0 Å². The quantitative estimate of drug-likeness (QED) is 0.471. The molecule has 6 nitrogen and oxygen atoms in total. The van der Waals surface area contributed by atoms with Gasteiger partial charge in [0.2, 0.25) is 5.91 Å². The third-order valence-electron chi connectivity index (χ3n) is 2.08. The van der Waals surface area contributed by atoms with E-state index in [0.717, 1.165) is 13.0 Å². The Kier molecular flexibility index (Phi) is 14.8. The summed E-state index contributed by atoms with van der Waals surface area (Å²) in [4.78, 5) is 10.5. The molecule has 0 bridgehead atoms. The normalized spacial score (nSPS) is 10.6. The number of amides is 1. The molecule has 0 aromatic carbocycles. The van der Waals surface area contributed by atoms with Gasteiger partial charge in [-0.15, -0.1) is 0 Å². The average Bonchev–Trinajstić information content (AvgIpc) is 2.39. The van der Waals surface area contributed by atoms with Gasteiger partial charge in [0, 0.05) is 20.1 Å². The molecule has 0 aromatic heterocycles. The molecule has 0 saturated carbocycles. The lowest BCUT2D eigenvalue weighted by atomic mass is 10.5. The molecular weight excluding hydrogens is 250 g/mol. The second-order valence-corrected chi connectivity index (χ2v) is 3.93. The van der Waals surface area contributed by atoms with Crippen molar-refractivity contribution in [2.75, 3.05) is 59.4 Å². The molecule has 1 N–H and O–H groups in total. The van der Waals surface area contributed by atoms with Crippen LogP contribution in [-0.2, 0) is 23.7 Å². The lowest BCUT2D eigenvalue weighted by Gasteiger charge is -2.07. The number of carbonyl (C=O) groups excluding carboxylic acids is 1. The van der Waals surface area contributed by atoms with Crippen LogP contribution in [0.15, 0.2) is 0 Å². The van der Waals surface area contributed by atoms with E-state index < -0.39 is 0 Å². The van der Waals surface area contributed by atoms with Gasteiger partial charge in [-0.2, -0.15) is 0 Å². The molecule has 0 spiro atoms. The zero-order chi connectivity index (χ0) is 14.2. The summed E-state index contributed by atoms with van der Waals surface area (Å²) in [5, 5.41) is 2.65. The van der Waals surface area contributed by atoms with Gasteiger partial charge in [0.05, 0.1) is 46.2 Å². The third kappa shape index (κ3) is 17.3. The highest BCUT2D eigenvalue weighted by atomic mass is 16.6. The molecular formula is C13H27NO5. The number of ether oxygens (including phenoxy) is 4. The maximum atomic E-state index is 10.5. The van der Waals surface area contributed by atoms with Gasteiger partial charge in [-0.3, -0.25) is 4.79 Å². The van der Waals surface area contributed by atoms with Gasteiger partial charge < -0.3 is 24.3 Å². The molecule has 0 aliphatic rings. The standard InChI is InChI=1S/C13H27NO5/c1-3-5-16-7-9-18-11-12-19-10-8-17-6-4-14-13(2)15/h3-12H2,1-2H3,(H,14,15). The van der Waals surface area contributed by atoms with Gasteiger partial charge in [-0.05, 0) is 6.42 Å². The Morgan fingerprint density at radius 2 is 1.21 bits per heavy atom. The summed E-state index contributed by atoms with van der Waals surface area (Å²) in [6.45, 7) is 8.83. The fraction of sp³-hybridized carbons (Fsp3) is 0.923. The lowest BCUT2D eigenvalue weighted by Crippen LogP contribution is -2.25. The third-order valence-corrected chi connectivity index (χ3v) is 2.08. The summed E-state index contributed by atoms with van der Waals surface area (Å²) in [5.74, 6) is -0.0417. The van der Waals surface area contributed by atoms with Crippen molar-refractivity contribution in [3.63, 3.8) is 0 Å². The predicted molar refractivity (Wildman–Crippen MR) is 72.3 cm³/mol. The molecule has 0 radical (unpaired) electrons. The number of nitrogens with one attached hydrogen (secondary N) is 1. The molecule has 0 aromatic rings. The highest BCUT2D eigenvalue weighted by Crippen LogP contribution is 1.84. The van der Waals surface area contributed by atoms with Crippen LogP contribution in [0.5, 0.6) is 0 Å². The molecule has 0 heterocycles. The summed E-state index contributed by atoms with van der Waals surface area (Å²) < 4.78 is 21.1. The summed E-state index contributed by atoms with van der Waals surface area (Å²) >= 11 is 0. The van der Waals surface area contributed by atoms with Crippen LogP contribution in [-0.4, -0.2) is 65.3 Å². The molecule has 19 heavy (non-hydrogen) atoms. The Morgan fingerprint density at radius 1 is 0.789 bits per heavy atom. The van der Waals surface area contributed by atoms with Crippen LogP contribution >= 0.6 is 0 Å². The minimum absolute atomic E-state index is 0.0417. The first-order valence-corrected chi connectivity index (χ1v) is 6.82. The van der Waals surface area contributed by atoms with E-state index in [0.29, 0.717) is 52.8 Å². The minimum atomic E-state index is -0.0417. The average molecular weight is 277 g/mol. The van der Waals surface area contributed by atoms with Crippen LogP contribution < -0.4 is 5.32 Å². The highest BCUT2D eigenvalue weighted by Gasteiger charge is 1.93. The molecule has 0 fully saturated rings. The van der Waals surface area contributed by atoms with E-state index in [2.05, 4.69) is 12.2 Å². The van der Waals surface area contributed by atoms with E-state index in [1.165, 1.54) is 6.92 Å². The molecule has 0 aliphatic carbocycles. The van der Waals surface area contributed by atoms with E-state index in [9.17, 15) is 4.79 Å². The van der Waals surface area contributed by atoms with Crippen LogP contribution in [0.4, 0.5) is 0 Å². The summed E-state index contributed by atoms with van der Waals surface area (Å²) in [6, 6.07) is 0. The number of rotatable bonds is 14. The number of hydrogen-bond donors (Lipinski definition) is 1. The zero-order valence-electron chi connectivity index (χ0n) is 12.1. The van der Waals surface area contributed by atoms with E-state index in [4.69, 9.17) is 18.9 Å². The summed E-state index contributed by atoms with van der Waals surface area (Å²) in [7, 11) is 0. The van der Waals surface area contributed by atoms with Crippen molar-refractivity contribution < 1.29 is 23.7 Å². The van der Waals surface area contributed by atoms with Gasteiger partial charge in [-0.1, -0.05) is 6.92 Å². The van der Waals surface area contributed by atoms with E-state index >= 15 is 0 Å². The second kappa shape index (κ2) is 15.4. The fourth-order valence-electron chi connectivity index (χ4n) is 1.21. The van der Waals surface area contributed by atoms with Gasteiger partial charge in [0.25, 0.3) is 0 Å². The SMILES string of the molecule is CCCOCCOCCOCCOCCNC(C)=O. The second-order valence-electron chi connectivity index (χ2n) is 3.93. The zero-order valence-corrected chi connectivity index (χ0v) is 12.1. The van der Waals surface area contributed by atoms with Crippen LogP contribution in [0.1, 0.15) is 20.3 Å². The van der Waals surface area contributed by atoms with Crippen molar-refractivity contribution in [2.45, 2.75) is 20.3 Å². The van der Waals surface area contributed by atoms with Crippen LogP contribution in [0, 0.1) is 0 Å². The van der Waals surface area contributed by atoms with Crippen molar-refractivity contribution in [3.05, 3.63) is 0 Å². The van der Waals surface area contributed by atoms with Crippen LogP contribution in [0.2, 0.25) is 0 Å². The molecule has 0 atom stereocenters. The Labute approximate surface area is 115 Å². The number of carbonyl (C=O) groups is 1.